The molecule has 6 nitrogen and oxygen atoms in total. The SMILES string of the molecule is Nc1c(NC(c2ccccc2)c2ccccc2)ncnc1N1CCN(c2ccccc2F)CC1. The summed E-state index contributed by atoms with van der Waals surface area (Å²) in [6, 6.07) is 27.2. The van der Waals surface area contributed by atoms with Crippen LogP contribution in [0.3, 0.4) is 0 Å². The van der Waals surface area contributed by atoms with Gasteiger partial charge < -0.3 is 20.9 Å². The Morgan fingerprint density at radius 2 is 1.29 bits per heavy atom. The van der Waals surface area contributed by atoms with E-state index >= 15 is 0 Å². The Morgan fingerprint density at radius 3 is 1.91 bits per heavy atom. The molecule has 4 aromatic rings. The Bertz CT molecular complexity index is 1190. The highest BCUT2D eigenvalue weighted by atomic mass is 19.1. The average Bonchev–Trinajstić information content (AvgIpc) is 2.90. The van der Waals surface area contributed by atoms with Gasteiger partial charge in [-0.25, -0.2) is 14.4 Å². The molecule has 0 spiro atoms. The zero-order valence-electron chi connectivity index (χ0n) is 18.8. The van der Waals surface area contributed by atoms with Crippen molar-refractivity contribution < 1.29 is 4.39 Å². The van der Waals surface area contributed by atoms with Gasteiger partial charge >= 0.3 is 0 Å². The number of nitrogens with zero attached hydrogens (tertiary/aromatic N) is 4. The molecule has 7 heteroatoms. The first kappa shape index (κ1) is 21.7. The number of piperazine rings is 1. The van der Waals surface area contributed by atoms with Crippen LogP contribution < -0.4 is 20.9 Å². The second-order valence-electron chi connectivity index (χ2n) is 8.28. The lowest BCUT2D eigenvalue weighted by molar-refractivity contribution is 0.596. The summed E-state index contributed by atoms with van der Waals surface area (Å²) in [4.78, 5) is 13.1. The molecule has 34 heavy (non-hydrogen) atoms. The number of rotatable bonds is 6. The van der Waals surface area contributed by atoms with Gasteiger partial charge in [0.2, 0.25) is 0 Å². The van der Waals surface area contributed by atoms with E-state index in [1.54, 1.807) is 12.4 Å². The highest BCUT2D eigenvalue weighted by Gasteiger charge is 2.24. The number of para-hydroxylation sites is 1. The Labute approximate surface area is 198 Å². The van der Waals surface area contributed by atoms with Gasteiger partial charge in [0.1, 0.15) is 17.8 Å². The summed E-state index contributed by atoms with van der Waals surface area (Å²) in [5.74, 6) is 1.10. The lowest BCUT2D eigenvalue weighted by Gasteiger charge is -2.37. The third kappa shape index (κ3) is 4.50. The predicted octanol–water partition coefficient (Wildman–Crippen LogP) is 4.73. The number of nitrogens with one attached hydrogen (secondary N) is 1. The minimum Gasteiger partial charge on any atom is -0.393 e. The molecule has 0 amide bonds. The van der Waals surface area contributed by atoms with E-state index in [0.29, 0.717) is 49.2 Å². The summed E-state index contributed by atoms with van der Waals surface area (Å²) in [5, 5.41) is 3.54. The molecule has 1 aliphatic rings. The minimum atomic E-state index is -0.197. The van der Waals surface area contributed by atoms with Gasteiger partial charge in [-0.1, -0.05) is 72.8 Å². The summed E-state index contributed by atoms with van der Waals surface area (Å²) in [5.41, 5.74) is 9.97. The van der Waals surface area contributed by atoms with Crippen LogP contribution >= 0.6 is 0 Å². The normalized spacial score (nSPS) is 13.8. The monoisotopic (exact) mass is 454 g/mol. The van der Waals surface area contributed by atoms with E-state index in [4.69, 9.17) is 5.73 Å². The third-order valence-corrected chi connectivity index (χ3v) is 6.18. The van der Waals surface area contributed by atoms with Crippen LogP contribution in [0.5, 0.6) is 0 Å². The second-order valence-corrected chi connectivity index (χ2v) is 8.28. The zero-order valence-corrected chi connectivity index (χ0v) is 18.8. The molecular formula is C27H27FN6. The lowest BCUT2D eigenvalue weighted by Crippen LogP contribution is -2.47. The molecule has 0 unspecified atom stereocenters. The van der Waals surface area contributed by atoms with E-state index < -0.39 is 0 Å². The molecule has 5 rings (SSSR count). The average molecular weight is 455 g/mol. The Hall–Kier alpha value is -4.13. The smallest absolute Gasteiger partial charge is 0.157 e. The molecule has 1 aromatic heterocycles. The van der Waals surface area contributed by atoms with E-state index in [9.17, 15) is 4.39 Å². The summed E-state index contributed by atoms with van der Waals surface area (Å²) >= 11 is 0. The van der Waals surface area contributed by atoms with Gasteiger partial charge in [0.15, 0.2) is 11.6 Å². The minimum absolute atomic E-state index is 0.106. The topological polar surface area (TPSA) is 70.3 Å². The quantitative estimate of drug-likeness (QED) is 0.439. The largest absolute Gasteiger partial charge is 0.393 e. The van der Waals surface area contributed by atoms with Crippen LogP contribution in [-0.2, 0) is 0 Å². The van der Waals surface area contributed by atoms with E-state index in [2.05, 4.69) is 49.4 Å². The maximum absolute atomic E-state index is 14.2. The number of anilines is 4. The van der Waals surface area contributed by atoms with Crippen molar-refractivity contribution in [3.63, 3.8) is 0 Å². The highest BCUT2D eigenvalue weighted by molar-refractivity contribution is 5.76. The molecular weight excluding hydrogens is 427 g/mol. The van der Waals surface area contributed by atoms with Crippen molar-refractivity contribution in [2.45, 2.75) is 6.04 Å². The fourth-order valence-electron chi connectivity index (χ4n) is 4.41. The first-order valence-electron chi connectivity index (χ1n) is 11.4. The molecule has 172 valence electrons. The van der Waals surface area contributed by atoms with E-state index in [-0.39, 0.29) is 11.9 Å². The fraction of sp³-hybridized carbons (Fsp3) is 0.185. The van der Waals surface area contributed by atoms with Crippen molar-refractivity contribution in [2.75, 3.05) is 47.0 Å². The van der Waals surface area contributed by atoms with Crippen LogP contribution in [0.2, 0.25) is 0 Å². The number of hydrogen-bond donors (Lipinski definition) is 2. The molecule has 1 saturated heterocycles. The van der Waals surface area contributed by atoms with E-state index in [1.807, 2.05) is 48.5 Å². The lowest BCUT2D eigenvalue weighted by atomic mass is 9.99. The Balaban J connectivity index is 1.37. The highest BCUT2D eigenvalue weighted by Crippen LogP contribution is 2.32. The van der Waals surface area contributed by atoms with Gasteiger partial charge in [0, 0.05) is 26.2 Å². The van der Waals surface area contributed by atoms with Gasteiger partial charge in [-0.3, -0.25) is 0 Å². The van der Waals surface area contributed by atoms with E-state index in [0.717, 1.165) is 11.1 Å². The molecule has 3 N–H and O–H groups in total. The Kier molecular flexibility index (Phi) is 6.25. The molecule has 0 atom stereocenters. The zero-order chi connectivity index (χ0) is 23.3. The predicted molar refractivity (Wildman–Crippen MR) is 136 cm³/mol. The number of nitrogens with two attached hydrogens (primary N) is 1. The maximum Gasteiger partial charge on any atom is 0.157 e. The van der Waals surface area contributed by atoms with Crippen molar-refractivity contribution in [2.24, 2.45) is 0 Å². The van der Waals surface area contributed by atoms with Gasteiger partial charge in [-0.2, -0.15) is 0 Å². The summed E-state index contributed by atoms with van der Waals surface area (Å²) < 4.78 is 14.2. The van der Waals surface area contributed by atoms with Gasteiger partial charge in [-0.05, 0) is 23.3 Å². The molecule has 0 bridgehead atoms. The Morgan fingerprint density at radius 1 is 0.735 bits per heavy atom. The summed E-state index contributed by atoms with van der Waals surface area (Å²) in [7, 11) is 0. The van der Waals surface area contributed by atoms with Gasteiger partial charge in [0.05, 0.1) is 11.7 Å². The molecule has 0 aliphatic carbocycles. The third-order valence-electron chi connectivity index (χ3n) is 6.18. The fourth-order valence-corrected chi connectivity index (χ4v) is 4.41. The standard InChI is InChI=1S/C27H27FN6/c28-22-13-7-8-14-23(22)33-15-17-34(18-16-33)27-24(29)26(30-19-31-27)32-25(20-9-3-1-4-10-20)21-11-5-2-6-12-21/h1-14,19,25H,15-18,29H2,(H,30,31,32). The number of nitrogen functional groups attached to an aromatic ring is 1. The van der Waals surface area contributed by atoms with Crippen molar-refractivity contribution in [1.29, 1.82) is 0 Å². The first-order valence-corrected chi connectivity index (χ1v) is 11.4. The van der Waals surface area contributed by atoms with Crippen LogP contribution in [0.25, 0.3) is 0 Å². The molecule has 1 aliphatic heterocycles. The number of benzene rings is 3. The summed E-state index contributed by atoms with van der Waals surface area (Å²) in [6.07, 6.45) is 1.55. The second kappa shape index (κ2) is 9.79. The number of aromatic nitrogens is 2. The van der Waals surface area contributed by atoms with E-state index in [1.165, 1.54) is 6.07 Å². The molecule has 2 heterocycles. The van der Waals surface area contributed by atoms with Gasteiger partial charge in [0.25, 0.3) is 0 Å². The molecule has 3 aromatic carbocycles. The van der Waals surface area contributed by atoms with Crippen LogP contribution in [0.4, 0.5) is 27.4 Å². The van der Waals surface area contributed by atoms with Gasteiger partial charge in [-0.15, -0.1) is 0 Å². The first-order chi connectivity index (χ1) is 16.7. The van der Waals surface area contributed by atoms with Crippen molar-refractivity contribution in [1.82, 2.24) is 9.97 Å². The maximum atomic E-state index is 14.2. The summed E-state index contributed by atoms with van der Waals surface area (Å²) in [6.45, 7) is 2.75. The molecule has 1 fully saturated rings. The van der Waals surface area contributed by atoms with Crippen molar-refractivity contribution >= 4 is 23.0 Å². The van der Waals surface area contributed by atoms with Crippen LogP contribution in [0.15, 0.2) is 91.3 Å². The van der Waals surface area contributed by atoms with Crippen molar-refractivity contribution in [3.8, 4) is 0 Å². The van der Waals surface area contributed by atoms with Crippen LogP contribution in [0.1, 0.15) is 17.2 Å². The number of hydrogen-bond acceptors (Lipinski definition) is 6. The van der Waals surface area contributed by atoms with Crippen LogP contribution in [-0.4, -0.2) is 36.1 Å². The van der Waals surface area contributed by atoms with Crippen molar-refractivity contribution in [3.05, 3.63) is 108 Å². The molecule has 0 saturated carbocycles. The van der Waals surface area contributed by atoms with Crippen LogP contribution in [0, 0.1) is 5.82 Å². The molecule has 0 radical (unpaired) electrons. The number of halogens is 1.